The van der Waals surface area contributed by atoms with Gasteiger partial charge in [-0.25, -0.2) is 14.2 Å². The van der Waals surface area contributed by atoms with Crippen LogP contribution in [0.1, 0.15) is 54.2 Å². The molecule has 2 aromatic heterocycles. The standard InChI is InChI=1S/C11H15N7O2/c1-2-3-8-10(11(19)20)13-15-17(8)6-9-12-14-16-18(9)7-4-5-7/h7H,2-6H2,1H3,(H,19,20). The summed E-state index contributed by atoms with van der Waals surface area (Å²) in [7, 11) is 0. The molecule has 0 bridgehead atoms. The van der Waals surface area contributed by atoms with E-state index in [-0.39, 0.29) is 5.69 Å². The van der Waals surface area contributed by atoms with E-state index in [1.54, 1.807) is 9.36 Å². The van der Waals surface area contributed by atoms with Gasteiger partial charge in [0.1, 0.15) is 6.54 Å². The predicted molar refractivity (Wildman–Crippen MR) is 66.2 cm³/mol. The fourth-order valence-corrected chi connectivity index (χ4v) is 2.16. The molecule has 1 aliphatic carbocycles. The van der Waals surface area contributed by atoms with E-state index >= 15 is 0 Å². The van der Waals surface area contributed by atoms with Gasteiger partial charge >= 0.3 is 5.97 Å². The molecule has 0 unspecified atom stereocenters. The zero-order valence-corrected chi connectivity index (χ0v) is 11.1. The molecular formula is C11H15N7O2. The largest absolute Gasteiger partial charge is 0.476 e. The van der Waals surface area contributed by atoms with Crippen LogP contribution in [0.25, 0.3) is 0 Å². The molecule has 0 amide bonds. The molecule has 2 heterocycles. The third kappa shape index (κ3) is 2.26. The number of carboxylic acids is 1. The Kier molecular flexibility index (Phi) is 3.17. The highest BCUT2D eigenvalue weighted by Crippen LogP contribution is 2.34. The van der Waals surface area contributed by atoms with Crippen molar-refractivity contribution in [2.45, 2.75) is 45.2 Å². The number of nitrogens with zero attached hydrogens (tertiary/aromatic N) is 7. The minimum Gasteiger partial charge on any atom is -0.476 e. The van der Waals surface area contributed by atoms with Gasteiger partial charge in [0, 0.05) is 0 Å². The van der Waals surface area contributed by atoms with Crippen molar-refractivity contribution >= 4 is 5.97 Å². The highest BCUT2D eigenvalue weighted by molar-refractivity contribution is 5.86. The highest BCUT2D eigenvalue weighted by atomic mass is 16.4. The lowest BCUT2D eigenvalue weighted by molar-refractivity contribution is 0.0689. The summed E-state index contributed by atoms with van der Waals surface area (Å²) in [6.45, 7) is 2.33. The van der Waals surface area contributed by atoms with Crippen molar-refractivity contribution in [1.29, 1.82) is 0 Å². The Morgan fingerprint density at radius 3 is 2.80 bits per heavy atom. The third-order valence-corrected chi connectivity index (χ3v) is 3.27. The maximum absolute atomic E-state index is 11.1. The molecule has 0 atom stereocenters. The van der Waals surface area contributed by atoms with Gasteiger partial charge in [-0.05, 0) is 29.7 Å². The quantitative estimate of drug-likeness (QED) is 0.808. The van der Waals surface area contributed by atoms with Crippen LogP contribution < -0.4 is 0 Å². The molecule has 0 aromatic carbocycles. The van der Waals surface area contributed by atoms with Crippen molar-refractivity contribution in [2.75, 3.05) is 0 Å². The number of aromatic carboxylic acids is 1. The summed E-state index contributed by atoms with van der Waals surface area (Å²) in [6, 6.07) is 0.372. The van der Waals surface area contributed by atoms with Crippen LogP contribution in [0.4, 0.5) is 0 Å². The van der Waals surface area contributed by atoms with Gasteiger partial charge in [-0.1, -0.05) is 18.6 Å². The Labute approximate surface area is 114 Å². The molecule has 0 saturated heterocycles. The predicted octanol–water partition coefficient (Wildman–Crippen LogP) is 0.298. The van der Waals surface area contributed by atoms with E-state index in [9.17, 15) is 4.79 Å². The molecule has 0 radical (unpaired) electrons. The lowest BCUT2D eigenvalue weighted by Crippen LogP contribution is -2.13. The summed E-state index contributed by atoms with van der Waals surface area (Å²) in [5.41, 5.74) is 0.627. The summed E-state index contributed by atoms with van der Waals surface area (Å²) in [5.74, 6) is -0.367. The van der Waals surface area contributed by atoms with Gasteiger partial charge in [0.25, 0.3) is 0 Å². The normalized spacial score (nSPS) is 14.7. The van der Waals surface area contributed by atoms with Crippen LogP contribution in [0.15, 0.2) is 0 Å². The molecule has 3 rings (SSSR count). The van der Waals surface area contributed by atoms with Crippen LogP contribution in [-0.4, -0.2) is 46.3 Å². The second-order valence-corrected chi connectivity index (χ2v) is 4.87. The summed E-state index contributed by atoms with van der Waals surface area (Å²) in [5, 5.41) is 28.4. The van der Waals surface area contributed by atoms with Gasteiger partial charge in [0.05, 0.1) is 11.7 Å². The van der Waals surface area contributed by atoms with E-state index in [2.05, 4.69) is 25.8 Å². The van der Waals surface area contributed by atoms with E-state index in [1.165, 1.54) is 0 Å². The third-order valence-electron chi connectivity index (χ3n) is 3.27. The fourth-order valence-electron chi connectivity index (χ4n) is 2.16. The van der Waals surface area contributed by atoms with Crippen molar-refractivity contribution in [3.8, 4) is 0 Å². The average molecular weight is 277 g/mol. The lowest BCUT2D eigenvalue weighted by Gasteiger charge is -2.06. The molecule has 1 saturated carbocycles. The monoisotopic (exact) mass is 277 g/mol. The van der Waals surface area contributed by atoms with Crippen LogP contribution in [0, 0.1) is 0 Å². The highest BCUT2D eigenvalue weighted by Gasteiger charge is 2.28. The van der Waals surface area contributed by atoms with E-state index in [0.29, 0.717) is 30.5 Å². The topological polar surface area (TPSA) is 112 Å². The summed E-state index contributed by atoms with van der Waals surface area (Å²) < 4.78 is 3.37. The van der Waals surface area contributed by atoms with Gasteiger partial charge in [-0.15, -0.1) is 10.2 Å². The van der Waals surface area contributed by atoms with Crippen molar-refractivity contribution in [2.24, 2.45) is 0 Å². The Morgan fingerprint density at radius 1 is 1.35 bits per heavy atom. The first-order valence-electron chi connectivity index (χ1n) is 6.63. The average Bonchev–Trinajstić information content (AvgIpc) is 3.03. The molecular weight excluding hydrogens is 262 g/mol. The minimum atomic E-state index is -1.05. The fraction of sp³-hybridized carbons (Fsp3) is 0.636. The number of carboxylic acid groups (broad SMARTS) is 1. The zero-order valence-electron chi connectivity index (χ0n) is 11.1. The Balaban J connectivity index is 1.89. The molecule has 1 aliphatic rings. The smallest absolute Gasteiger partial charge is 0.358 e. The second kappa shape index (κ2) is 4.99. The zero-order chi connectivity index (χ0) is 14.1. The number of hydrogen-bond acceptors (Lipinski definition) is 6. The van der Waals surface area contributed by atoms with Gasteiger partial charge in [0.2, 0.25) is 0 Å². The van der Waals surface area contributed by atoms with E-state index in [4.69, 9.17) is 5.11 Å². The molecule has 9 nitrogen and oxygen atoms in total. The molecule has 0 spiro atoms. The molecule has 20 heavy (non-hydrogen) atoms. The van der Waals surface area contributed by atoms with Crippen LogP contribution in [-0.2, 0) is 13.0 Å². The second-order valence-electron chi connectivity index (χ2n) is 4.87. The molecule has 106 valence electrons. The van der Waals surface area contributed by atoms with Crippen LogP contribution >= 0.6 is 0 Å². The van der Waals surface area contributed by atoms with Gasteiger partial charge in [-0.2, -0.15) is 0 Å². The maximum atomic E-state index is 11.1. The summed E-state index contributed by atoms with van der Waals surface area (Å²) in [4.78, 5) is 11.1. The Hall–Kier alpha value is -2.32. The lowest BCUT2D eigenvalue weighted by atomic mass is 10.2. The van der Waals surface area contributed by atoms with Crippen molar-refractivity contribution in [3.05, 3.63) is 17.2 Å². The van der Waals surface area contributed by atoms with Crippen molar-refractivity contribution in [1.82, 2.24) is 35.2 Å². The van der Waals surface area contributed by atoms with Gasteiger partial charge in [0.15, 0.2) is 11.5 Å². The van der Waals surface area contributed by atoms with Crippen molar-refractivity contribution < 1.29 is 9.90 Å². The van der Waals surface area contributed by atoms with E-state index in [0.717, 1.165) is 19.3 Å². The number of tetrazole rings is 1. The molecule has 9 heteroatoms. The number of hydrogen-bond donors (Lipinski definition) is 1. The first kappa shape index (κ1) is 12.7. The Morgan fingerprint density at radius 2 is 2.15 bits per heavy atom. The number of aromatic nitrogens is 7. The molecule has 1 fully saturated rings. The number of rotatable bonds is 6. The number of carbonyl (C=O) groups is 1. The maximum Gasteiger partial charge on any atom is 0.358 e. The SMILES string of the molecule is CCCc1c(C(=O)O)nnn1Cc1nnnn1C1CC1. The Bertz CT molecular complexity index is 629. The molecule has 2 aromatic rings. The minimum absolute atomic E-state index is 0.0114. The van der Waals surface area contributed by atoms with Crippen LogP contribution in [0.3, 0.4) is 0 Å². The first-order chi connectivity index (χ1) is 9.70. The summed E-state index contributed by atoms with van der Waals surface area (Å²) in [6.07, 6.45) is 3.59. The van der Waals surface area contributed by atoms with E-state index in [1.807, 2.05) is 6.92 Å². The van der Waals surface area contributed by atoms with Crippen LogP contribution in [0.2, 0.25) is 0 Å². The van der Waals surface area contributed by atoms with Gasteiger partial charge in [-0.3, -0.25) is 0 Å². The first-order valence-corrected chi connectivity index (χ1v) is 6.63. The van der Waals surface area contributed by atoms with E-state index < -0.39 is 5.97 Å². The van der Waals surface area contributed by atoms with Gasteiger partial charge < -0.3 is 5.11 Å². The molecule has 1 N–H and O–H groups in total. The molecule has 0 aliphatic heterocycles. The summed E-state index contributed by atoms with van der Waals surface area (Å²) >= 11 is 0. The van der Waals surface area contributed by atoms with Crippen molar-refractivity contribution in [3.63, 3.8) is 0 Å². The van der Waals surface area contributed by atoms with Crippen LogP contribution in [0.5, 0.6) is 0 Å².